The van der Waals surface area contributed by atoms with E-state index >= 15 is 0 Å². The van der Waals surface area contributed by atoms with Crippen LogP contribution in [-0.2, 0) is 4.74 Å². The molecule has 0 aromatic heterocycles. The average molecular weight is 331 g/mol. The third-order valence-corrected chi connectivity index (χ3v) is 3.85. The number of ether oxygens (including phenoxy) is 1. The molecule has 19 heavy (non-hydrogen) atoms. The van der Waals surface area contributed by atoms with E-state index in [0.29, 0.717) is 22.5 Å². The lowest BCUT2D eigenvalue weighted by Crippen LogP contribution is -2.26. The zero-order valence-corrected chi connectivity index (χ0v) is 12.0. The predicted octanol–water partition coefficient (Wildman–Crippen LogP) is 2.33. The van der Waals surface area contributed by atoms with Gasteiger partial charge < -0.3 is 15.8 Å². The molecule has 1 aliphatic rings. The Balaban J connectivity index is 1.90. The number of nitrogens with one attached hydrogen (secondary N) is 1. The highest BCUT2D eigenvalue weighted by Gasteiger charge is 2.17. The molecule has 1 saturated heterocycles. The summed E-state index contributed by atoms with van der Waals surface area (Å²) in [7, 11) is 0. The van der Waals surface area contributed by atoms with Gasteiger partial charge in [0.2, 0.25) is 0 Å². The van der Waals surface area contributed by atoms with Crippen LogP contribution in [0.3, 0.4) is 0 Å². The number of carbonyl (C=O) groups excluding carboxylic acids is 1. The van der Waals surface area contributed by atoms with Crippen molar-refractivity contribution in [2.45, 2.75) is 12.8 Å². The van der Waals surface area contributed by atoms with Crippen molar-refractivity contribution in [1.82, 2.24) is 5.32 Å². The summed E-state index contributed by atoms with van der Waals surface area (Å²) in [6.07, 6.45) is 1.93. The normalized spacial score (nSPS) is 18.5. The van der Waals surface area contributed by atoms with Crippen molar-refractivity contribution >= 4 is 27.5 Å². The molecule has 6 heteroatoms. The fourth-order valence-electron chi connectivity index (χ4n) is 2.04. The third kappa shape index (κ3) is 3.67. The molecule has 2 rings (SSSR count). The van der Waals surface area contributed by atoms with Crippen LogP contribution in [0.2, 0.25) is 0 Å². The minimum absolute atomic E-state index is 0.0301. The van der Waals surface area contributed by atoms with E-state index in [9.17, 15) is 9.18 Å². The Labute approximate surface area is 119 Å². The van der Waals surface area contributed by atoms with Crippen LogP contribution in [0.5, 0.6) is 0 Å². The Morgan fingerprint density at radius 2 is 2.37 bits per heavy atom. The average Bonchev–Trinajstić information content (AvgIpc) is 2.86. The zero-order chi connectivity index (χ0) is 13.8. The van der Waals surface area contributed by atoms with Gasteiger partial charge in [-0.15, -0.1) is 0 Å². The molecule has 4 nitrogen and oxygen atoms in total. The number of hydrogen-bond donors (Lipinski definition) is 2. The first-order chi connectivity index (χ1) is 9.08. The van der Waals surface area contributed by atoms with Gasteiger partial charge in [0, 0.05) is 24.2 Å². The maximum absolute atomic E-state index is 13.2. The summed E-state index contributed by atoms with van der Waals surface area (Å²) in [6, 6.07) is 2.54. The van der Waals surface area contributed by atoms with E-state index in [0.717, 1.165) is 26.1 Å². The number of rotatable bonds is 4. The van der Waals surface area contributed by atoms with Crippen molar-refractivity contribution in [2.24, 2.45) is 5.92 Å². The summed E-state index contributed by atoms with van der Waals surface area (Å²) in [5.41, 5.74) is 5.78. The fraction of sp³-hybridized carbons (Fsp3) is 0.462. The summed E-state index contributed by atoms with van der Waals surface area (Å²) in [4.78, 5) is 12.0. The first-order valence-corrected chi connectivity index (χ1v) is 6.97. The summed E-state index contributed by atoms with van der Waals surface area (Å²) in [6.45, 7) is 2.15. The monoisotopic (exact) mass is 330 g/mol. The Morgan fingerprint density at radius 1 is 1.58 bits per heavy atom. The van der Waals surface area contributed by atoms with Crippen molar-refractivity contribution in [1.29, 1.82) is 0 Å². The number of anilines is 1. The quantitative estimate of drug-likeness (QED) is 0.833. The summed E-state index contributed by atoms with van der Waals surface area (Å²) in [5.74, 6) is -0.272. The molecule has 1 aromatic carbocycles. The Hall–Kier alpha value is -1.14. The van der Waals surface area contributed by atoms with Crippen LogP contribution in [0, 0.1) is 11.7 Å². The fourth-order valence-corrected chi connectivity index (χ4v) is 2.53. The van der Waals surface area contributed by atoms with Crippen LogP contribution in [0.4, 0.5) is 10.1 Å². The molecule has 3 N–H and O–H groups in total. The second kappa shape index (κ2) is 6.34. The number of hydrogen-bond acceptors (Lipinski definition) is 3. The summed E-state index contributed by atoms with van der Waals surface area (Å²) < 4.78 is 18.9. The number of nitrogen functional groups attached to an aromatic ring is 1. The number of halogens is 2. The highest BCUT2D eigenvalue weighted by Crippen LogP contribution is 2.23. The van der Waals surface area contributed by atoms with E-state index < -0.39 is 5.82 Å². The summed E-state index contributed by atoms with van der Waals surface area (Å²) >= 11 is 3.16. The molecule has 0 aliphatic carbocycles. The molecule has 1 atom stereocenters. The van der Waals surface area contributed by atoms with E-state index in [1.807, 2.05) is 0 Å². The molecule has 1 amide bonds. The van der Waals surface area contributed by atoms with Crippen LogP contribution >= 0.6 is 15.9 Å². The van der Waals surface area contributed by atoms with Crippen LogP contribution in [0.1, 0.15) is 23.2 Å². The van der Waals surface area contributed by atoms with E-state index in [1.54, 1.807) is 0 Å². The van der Waals surface area contributed by atoms with Crippen molar-refractivity contribution in [3.05, 3.63) is 28.0 Å². The van der Waals surface area contributed by atoms with E-state index in [-0.39, 0.29) is 11.6 Å². The SMILES string of the molecule is Nc1cc(C(=O)NCCC2CCOC2)c(Br)cc1F. The van der Waals surface area contributed by atoms with Gasteiger partial charge in [0.1, 0.15) is 5.82 Å². The second-order valence-corrected chi connectivity index (χ2v) is 5.48. The topological polar surface area (TPSA) is 64.4 Å². The summed E-state index contributed by atoms with van der Waals surface area (Å²) in [5, 5.41) is 2.81. The lowest BCUT2D eigenvalue weighted by molar-refractivity contribution is 0.0949. The second-order valence-electron chi connectivity index (χ2n) is 4.63. The minimum Gasteiger partial charge on any atom is -0.396 e. The van der Waals surface area contributed by atoms with Crippen LogP contribution in [0.25, 0.3) is 0 Å². The van der Waals surface area contributed by atoms with Crippen LogP contribution in [0.15, 0.2) is 16.6 Å². The first kappa shape index (κ1) is 14.3. The van der Waals surface area contributed by atoms with Crippen LogP contribution in [-0.4, -0.2) is 25.7 Å². The number of nitrogens with two attached hydrogens (primary N) is 1. The highest BCUT2D eigenvalue weighted by molar-refractivity contribution is 9.10. The van der Waals surface area contributed by atoms with Crippen molar-refractivity contribution in [3.63, 3.8) is 0 Å². The van der Waals surface area contributed by atoms with Gasteiger partial charge in [-0.05, 0) is 46.8 Å². The zero-order valence-electron chi connectivity index (χ0n) is 10.4. The Morgan fingerprint density at radius 3 is 3.05 bits per heavy atom. The standard InChI is InChI=1S/C13H16BrFN2O2/c14-10-6-11(15)12(16)5-9(10)13(18)17-3-1-8-2-4-19-7-8/h5-6,8H,1-4,7,16H2,(H,17,18). The van der Waals surface area contributed by atoms with E-state index in [1.165, 1.54) is 12.1 Å². The van der Waals surface area contributed by atoms with Gasteiger partial charge >= 0.3 is 0 Å². The van der Waals surface area contributed by atoms with Gasteiger partial charge in [-0.3, -0.25) is 4.79 Å². The largest absolute Gasteiger partial charge is 0.396 e. The highest BCUT2D eigenvalue weighted by atomic mass is 79.9. The van der Waals surface area contributed by atoms with Gasteiger partial charge in [-0.1, -0.05) is 0 Å². The lowest BCUT2D eigenvalue weighted by atomic mass is 10.1. The van der Waals surface area contributed by atoms with E-state index in [2.05, 4.69) is 21.2 Å². The third-order valence-electron chi connectivity index (χ3n) is 3.19. The number of amides is 1. The maximum atomic E-state index is 13.2. The molecule has 1 unspecified atom stereocenters. The molecule has 1 aliphatic heterocycles. The molecular formula is C13H16BrFN2O2. The predicted molar refractivity (Wildman–Crippen MR) is 74.4 cm³/mol. The maximum Gasteiger partial charge on any atom is 0.252 e. The molecule has 0 bridgehead atoms. The Kier molecular flexibility index (Phi) is 4.76. The Bertz CT molecular complexity index is 476. The molecule has 0 saturated carbocycles. The first-order valence-electron chi connectivity index (χ1n) is 6.18. The molecule has 1 heterocycles. The lowest BCUT2D eigenvalue weighted by Gasteiger charge is -2.10. The van der Waals surface area contributed by atoms with Crippen molar-refractivity contribution in [3.8, 4) is 0 Å². The van der Waals surface area contributed by atoms with Gasteiger partial charge in [-0.2, -0.15) is 0 Å². The van der Waals surface area contributed by atoms with Crippen molar-refractivity contribution in [2.75, 3.05) is 25.5 Å². The molecule has 1 aromatic rings. The number of benzene rings is 1. The van der Waals surface area contributed by atoms with Gasteiger partial charge in [0.25, 0.3) is 5.91 Å². The van der Waals surface area contributed by atoms with Gasteiger partial charge in [0.15, 0.2) is 0 Å². The van der Waals surface area contributed by atoms with E-state index in [4.69, 9.17) is 10.5 Å². The molecule has 104 valence electrons. The molecule has 0 radical (unpaired) electrons. The molecule has 0 spiro atoms. The van der Waals surface area contributed by atoms with Crippen molar-refractivity contribution < 1.29 is 13.9 Å². The molecular weight excluding hydrogens is 315 g/mol. The van der Waals surface area contributed by atoms with Gasteiger partial charge in [0.05, 0.1) is 11.3 Å². The number of carbonyl (C=O) groups is 1. The molecule has 1 fully saturated rings. The minimum atomic E-state index is -0.536. The smallest absolute Gasteiger partial charge is 0.252 e. The van der Waals surface area contributed by atoms with Gasteiger partial charge in [-0.25, -0.2) is 4.39 Å². The van der Waals surface area contributed by atoms with Crippen LogP contribution < -0.4 is 11.1 Å².